The summed E-state index contributed by atoms with van der Waals surface area (Å²) >= 11 is 0. The van der Waals surface area contributed by atoms with Crippen molar-refractivity contribution in [1.29, 1.82) is 0 Å². The summed E-state index contributed by atoms with van der Waals surface area (Å²) in [6.45, 7) is 0. The normalized spacial score (nSPS) is 15.4. The summed E-state index contributed by atoms with van der Waals surface area (Å²) in [5.74, 6) is -0.353. The van der Waals surface area contributed by atoms with Crippen LogP contribution in [-0.4, -0.2) is 23.6 Å². The number of pyridine rings is 1. The van der Waals surface area contributed by atoms with Gasteiger partial charge in [0.05, 0.1) is 10.1 Å². The van der Waals surface area contributed by atoms with E-state index in [1.165, 1.54) is 6.07 Å². The largest absolute Gasteiger partial charge is 0.343 e. The second kappa shape index (κ2) is 7.36. The molecule has 30 heavy (non-hydrogen) atoms. The van der Waals surface area contributed by atoms with Crippen LogP contribution < -0.4 is 0 Å². The van der Waals surface area contributed by atoms with Gasteiger partial charge in [-0.25, -0.2) is 17.8 Å². The first kappa shape index (κ1) is 19.0. The Bertz CT molecular complexity index is 1280. The Morgan fingerprint density at radius 1 is 1.03 bits per heavy atom. The molecule has 2 aromatic carbocycles. The molecular formula is C24H21FN2O2S. The van der Waals surface area contributed by atoms with Crippen molar-refractivity contribution >= 4 is 20.9 Å². The van der Waals surface area contributed by atoms with Gasteiger partial charge in [0.2, 0.25) is 0 Å². The van der Waals surface area contributed by atoms with Crippen molar-refractivity contribution in [2.45, 2.75) is 35.3 Å². The van der Waals surface area contributed by atoms with Gasteiger partial charge in [0.15, 0.2) is 9.84 Å². The van der Waals surface area contributed by atoms with Crippen LogP contribution in [0.15, 0.2) is 77.8 Å². The molecule has 1 aliphatic rings. The first-order valence-corrected chi connectivity index (χ1v) is 11.6. The average Bonchev–Trinajstić information content (AvgIpc) is 3.52. The SMILES string of the molecule is O=S(=O)(c1ccc(C(Cc2cccc(F)c2)c2cc3cccnc3[nH]2)cc1)C1CC1. The fourth-order valence-corrected chi connectivity index (χ4v) is 5.59. The lowest BCUT2D eigenvalue weighted by molar-refractivity contribution is 0.594. The lowest BCUT2D eigenvalue weighted by Gasteiger charge is -2.17. The van der Waals surface area contributed by atoms with Gasteiger partial charge < -0.3 is 4.98 Å². The van der Waals surface area contributed by atoms with Crippen LogP contribution >= 0.6 is 0 Å². The smallest absolute Gasteiger partial charge is 0.181 e. The number of hydrogen-bond donors (Lipinski definition) is 1. The molecule has 1 fully saturated rings. The quantitative estimate of drug-likeness (QED) is 0.477. The summed E-state index contributed by atoms with van der Waals surface area (Å²) in [5, 5.41) is 0.774. The van der Waals surface area contributed by atoms with Crippen LogP contribution in [0.2, 0.25) is 0 Å². The van der Waals surface area contributed by atoms with Crippen molar-refractivity contribution in [3.8, 4) is 0 Å². The van der Waals surface area contributed by atoms with Crippen molar-refractivity contribution in [2.24, 2.45) is 0 Å². The molecule has 2 heterocycles. The molecule has 1 atom stereocenters. The second-order valence-electron chi connectivity index (χ2n) is 7.87. The van der Waals surface area contributed by atoms with Crippen LogP contribution in [0.5, 0.6) is 0 Å². The van der Waals surface area contributed by atoms with Gasteiger partial charge >= 0.3 is 0 Å². The molecule has 0 saturated heterocycles. The van der Waals surface area contributed by atoms with E-state index < -0.39 is 9.84 Å². The Hall–Kier alpha value is -2.99. The van der Waals surface area contributed by atoms with Gasteiger partial charge in [-0.3, -0.25) is 0 Å². The molecule has 1 aliphatic carbocycles. The zero-order chi connectivity index (χ0) is 20.7. The van der Waals surface area contributed by atoms with Gasteiger partial charge in [0.1, 0.15) is 11.5 Å². The maximum Gasteiger partial charge on any atom is 0.181 e. The van der Waals surface area contributed by atoms with Gasteiger partial charge in [-0.05, 0) is 72.9 Å². The van der Waals surface area contributed by atoms with E-state index in [0.29, 0.717) is 11.3 Å². The summed E-state index contributed by atoms with van der Waals surface area (Å²) in [4.78, 5) is 8.13. The Balaban J connectivity index is 1.55. The van der Waals surface area contributed by atoms with Gasteiger partial charge in [-0.2, -0.15) is 0 Å². The zero-order valence-corrected chi connectivity index (χ0v) is 17.1. The average molecular weight is 421 g/mol. The van der Waals surface area contributed by atoms with Crippen LogP contribution in [0.1, 0.15) is 35.6 Å². The van der Waals surface area contributed by atoms with Gasteiger partial charge in [0, 0.05) is 23.2 Å². The number of benzene rings is 2. The van der Waals surface area contributed by atoms with E-state index in [0.717, 1.165) is 40.7 Å². The zero-order valence-electron chi connectivity index (χ0n) is 16.3. The number of nitrogens with zero attached hydrogens (tertiary/aromatic N) is 1. The number of aromatic amines is 1. The summed E-state index contributed by atoms with van der Waals surface area (Å²) in [6, 6.07) is 19.7. The second-order valence-corrected chi connectivity index (χ2v) is 10.1. The van der Waals surface area contributed by atoms with Crippen molar-refractivity contribution in [3.05, 3.63) is 95.6 Å². The van der Waals surface area contributed by atoms with Crippen LogP contribution in [0, 0.1) is 5.82 Å². The topological polar surface area (TPSA) is 62.8 Å². The third kappa shape index (κ3) is 3.63. The van der Waals surface area contributed by atoms with E-state index in [2.05, 4.69) is 16.0 Å². The minimum atomic E-state index is -3.23. The van der Waals surface area contributed by atoms with E-state index in [4.69, 9.17) is 0 Å². The monoisotopic (exact) mass is 420 g/mol. The standard InChI is InChI=1S/C24H21FN2O2S/c25-19-5-1-3-16(13-19)14-22(23-15-18-4-2-12-26-24(18)27-23)17-6-8-20(9-7-17)30(28,29)21-10-11-21/h1-9,12-13,15,21-22H,10-11,14H2,(H,26,27). The van der Waals surface area contributed by atoms with Crippen molar-refractivity contribution < 1.29 is 12.8 Å². The number of hydrogen-bond acceptors (Lipinski definition) is 3. The molecule has 0 bridgehead atoms. The van der Waals surface area contributed by atoms with Crippen molar-refractivity contribution in [2.75, 3.05) is 0 Å². The number of nitrogens with one attached hydrogen (secondary N) is 1. The third-order valence-corrected chi connectivity index (χ3v) is 7.97. The lowest BCUT2D eigenvalue weighted by atomic mass is 9.89. The highest BCUT2D eigenvalue weighted by Gasteiger charge is 2.36. The highest BCUT2D eigenvalue weighted by atomic mass is 32.2. The number of halogens is 1. The summed E-state index contributed by atoms with van der Waals surface area (Å²) in [6.07, 6.45) is 3.81. The molecule has 6 heteroatoms. The predicted molar refractivity (Wildman–Crippen MR) is 115 cm³/mol. The number of rotatable bonds is 6. The van der Waals surface area contributed by atoms with Crippen LogP contribution in [-0.2, 0) is 16.3 Å². The van der Waals surface area contributed by atoms with Gasteiger partial charge in [-0.1, -0.05) is 24.3 Å². The molecule has 4 aromatic rings. The van der Waals surface area contributed by atoms with Gasteiger partial charge in [-0.15, -0.1) is 0 Å². The Kier molecular flexibility index (Phi) is 4.66. The Morgan fingerprint density at radius 2 is 1.83 bits per heavy atom. The molecule has 0 aliphatic heterocycles. The highest BCUT2D eigenvalue weighted by Crippen LogP contribution is 2.35. The molecule has 1 unspecified atom stereocenters. The molecule has 1 saturated carbocycles. The van der Waals surface area contributed by atoms with Crippen LogP contribution in [0.25, 0.3) is 11.0 Å². The Morgan fingerprint density at radius 3 is 2.53 bits per heavy atom. The maximum atomic E-state index is 13.8. The minimum absolute atomic E-state index is 0.0846. The summed E-state index contributed by atoms with van der Waals surface area (Å²) in [7, 11) is -3.23. The van der Waals surface area contributed by atoms with Crippen LogP contribution in [0.3, 0.4) is 0 Å². The molecule has 1 N–H and O–H groups in total. The van der Waals surface area contributed by atoms with E-state index in [1.54, 1.807) is 30.5 Å². The molecular weight excluding hydrogens is 399 g/mol. The summed E-state index contributed by atoms with van der Waals surface area (Å²) < 4.78 is 38.8. The van der Waals surface area contributed by atoms with E-state index in [9.17, 15) is 12.8 Å². The minimum Gasteiger partial charge on any atom is -0.343 e. The highest BCUT2D eigenvalue weighted by molar-refractivity contribution is 7.92. The number of fused-ring (bicyclic) bond motifs is 1. The third-order valence-electron chi connectivity index (χ3n) is 5.69. The fraction of sp³-hybridized carbons (Fsp3) is 0.208. The number of aromatic nitrogens is 2. The van der Waals surface area contributed by atoms with Crippen molar-refractivity contribution in [3.63, 3.8) is 0 Å². The fourth-order valence-electron chi connectivity index (χ4n) is 3.93. The predicted octanol–water partition coefficient (Wildman–Crippen LogP) is 5.01. The molecule has 152 valence electrons. The molecule has 0 amide bonds. The number of H-pyrrole nitrogens is 1. The van der Waals surface area contributed by atoms with Gasteiger partial charge in [0.25, 0.3) is 0 Å². The van der Waals surface area contributed by atoms with E-state index >= 15 is 0 Å². The molecule has 2 aromatic heterocycles. The maximum absolute atomic E-state index is 13.8. The molecule has 0 spiro atoms. The Labute approximate surface area is 174 Å². The first-order valence-electron chi connectivity index (χ1n) is 10.0. The van der Waals surface area contributed by atoms with Crippen LogP contribution in [0.4, 0.5) is 4.39 Å². The molecule has 4 nitrogen and oxygen atoms in total. The first-order chi connectivity index (χ1) is 14.5. The molecule has 0 radical (unpaired) electrons. The number of sulfone groups is 1. The lowest BCUT2D eigenvalue weighted by Crippen LogP contribution is -2.09. The van der Waals surface area contributed by atoms with Crippen molar-refractivity contribution in [1.82, 2.24) is 9.97 Å². The van der Waals surface area contributed by atoms with E-state index in [1.807, 2.05) is 30.3 Å². The van der Waals surface area contributed by atoms with E-state index in [-0.39, 0.29) is 17.0 Å². The summed E-state index contributed by atoms with van der Waals surface area (Å²) in [5.41, 5.74) is 3.61. The molecule has 5 rings (SSSR count).